The number of nitrogens with one attached hydrogen (secondary N) is 1. The summed E-state index contributed by atoms with van der Waals surface area (Å²) in [5.41, 5.74) is 6.77. The number of para-hydroxylation sites is 1. The quantitative estimate of drug-likeness (QED) is 0.656. The maximum atomic E-state index is 5.93. The lowest BCUT2D eigenvalue weighted by molar-refractivity contribution is 0.118. The van der Waals surface area contributed by atoms with Crippen molar-refractivity contribution < 1.29 is 9.47 Å². The summed E-state index contributed by atoms with van der Waals surface area (Å²) in [5, 5.41) is 3.08. The van der Waals surface area contributed by atoms with Crippen molar-refractivity contribution in [3.63, 3.8) is 0 Å². The van der Waals surface area contributed by atoms with E-state index in [1.807, 2.05) is 54.6 Å². The SMILES string of the molecule is NC(=NCC1CCCO1)Nc1cccc(Oc2ccccc2)c1. The molecule has 5 heteroatoms. The third-order valence-corrected chi connectivity index (χ3v) is 3.57. The number of benzene rings is 2. The van der Waals surface area contributed by atoms with E-state index < -0.39 is 0 Å². The Kier molecular flexibility index (Phi) is 5.11. The van der Waals surface area contributed by atoms with Crippen molar-refractivity contribution in [2.24, 2.45) is 10.7 Å². The van der Waals surface area contributed by atoms with Gasteiger partial charge in [0.1, 0.15) is 11.5 Å². The summed E-state index contributed by atoms with van der Waals surface area (Å²) in [4.78, 5) is 4.33. The number of nitrogens with two attached hydrogens (primary N) is 1. The van der Waals surface area contributed by atoms with Gasteiger partial charge in [-0.3, -0.25) is 4.99 Å². The highest BCUT2D eigenvalue weighted by Crippen LogP contribution is 2.23. The smallest absolute Gasteiger partial charge is 0.193 e. The molecule has 0 amide bonds. The van der Waals surface area contributed by atoms with Gasteiger partial charge < -0.3 is 20.5 Å². The first-order valence-electron chi connectivity index (χ1n) is 7.81. The van der Waals surface area contributed by atoms with Gasteiger partial charge in [-0.15, -0.1) is 0 Å². The molecule has 1 fully saturated rings. The molecule has 1 unspecified atom stereocenters. The Labute approximate surface area is 136 Å². The van der Waals surface area contributed by atoms with E-state index in [-0.39, 0.29) is 6.10 Å². The average Bonchev–Trinajstić information content (AvgIpc) is 3.08. The molecule has 1 aliphatic heterocycles. The minimum absolute atomic E-state index is 0.197. The molecule has 23 heavy (non-hydrogen) atoms. The molecule has 3 N–H and O–H groups in total. The number of nitrogens with zero attached hydrogens (tertiary/aromatic N) is 1. The zero-order chi connectivity index (χ0) is 15.9. The number of ether oxygens (including phenoxy) is 2. The molecule has 0 radical (unpaired) electrons. The molecule has 2 aromatic carbocycles. The number of anilines is 1. The fourth-order valence-corrected chi connectivity index (χ4v) is 2.44. The van der Waals surface area contributed by atoms with Crippen LogP contribution in [-0.2, 0) is 4.74 Å². The number of rotatable bonds is 5. The maximum Gasteiger partial charge on any atom is 0.193 e. The van der Waals surface area contributed by atoms with Crippen molar-refractivity contribution >= 4 is 11.6 Å². The molecule has 5 nitrogen and oxygen atoms in total. The maximum absolute atomic E-state index is 5.93. The standard InChI is InChI=1S/C18H21N3O2/c19-18(20-13-17-10-5-11-22-17)21-14-6-4-9-16(12-14)23-15-7-2-1-3-8-15/h1-4,6-9,12,17H,5,10-11,13H2,(H3,19,20,21). The van der Waals surface area contributed by atoms with E-state index in [0.717, 1.165) is 36.6 Å². The Morgan fingerprint density at radius 1 is 1.17 bits per heavy atom. The minimum atomic E-state index is 0.197. The van der Waals surface area contributed by atoms with E-state index in [0.29, 0.717) is 12.5 Å². The topological polar surface area (TPSA) is 68.9 Å². The number of guanidine groups is 1. The predicted octanol–water partition coefficient (Wildman–Crippen LogP) is 3.38. The fourth-order valence-electron chi connectivity index (χ4n) is 2.44. The van der Waals surface area contributed by atoms with Gasteiger partial charge in [-0.25, -0.2) is 0 Å². The van der Waals surface area contributed by atoms with Crippen LogP contribution in [0.1, 0.15) is 12.8 Å². The average molecular weight is 311 g/mol. The summed E-state index contributed by atoms with van der Waals surface area (Å²) in [6.45, 7) is 1.42. The van der Waals surface area contributed by atoms with Crippen molar-refractivity contribution in [1.29, 1.82) is 0 Å². The number of aliphatic imine (C=N–C) groups is 1. The van der Waals surface area contributed by atoms with Gasteiger partial charge in [-0.05, 0) is 37.1 Å². The van der Waals surface area contributed by atoms with Gasteiger partial charge in [0.2, 0.25) is 0 Å². The van der Waals surface area contributed by atoms with Crippen molar-refractivity contribution in [3.8, 4) is 11.5 Å². The van der Waals surface area contributed by atoms with Gasteiger partial charge in [-0.1, -0.05) is 24.3 Å². The van der Waals surface area contributed by atoms with Gasteiger partial charge in [0.15, 0.2) is 5.96 Å². The first-order valence-corrected chi connectivity index (χ1v) is 7.81. The predicted molar refractivity (Wildman–Crippen MR) is 92.0 cm³/mol. The summed E-state index contributed by atoms with van der Waals surface area (Å²) < 4.78 is 11.3. The van der Waals surface area contributed by atoms with Crippen molar-refractivity contribution in [2.45, 2.75) is 18.9 Å². The molecule has 0 aromatic heterocycles. The van der Waals surface area contributed by atoms with Crippen LogP contribution < -0.4 is 15.8 Å². The third kappa shape index (κ3) is 4.72. The Morgan fingerprint density at radius 2 is 2.00 bits per heavy atom. The van der Waals surface area contributed by atoms with E-state index >= 15 is 0 Å². The van der Waals surface area contributed by atoms with Crippen LogP contribution >= 0.6 is 0 Å². The molecule has 0 saturated carbocycles. The zero-order valence-electron chi connectivity index (χ0n) is 12.9. The van der Waals surface area contributed by atoms with Crippen LogP contribution in [0.15, 0.2) is 59.6 Å². The second-order valence-corrected chi connectivity index (χ2v) is 5.43. The summed E-state index contributed by atoms with van der Waals surface area (Å²) in [7, 11) is 0. The van der Waals surface area contributed by atoms with Crippen LogP contribution in [0.2, 0.25) is 0 Å². The van der Waals surface area contributed by atoms with Gasteiger partial charge >= 0.3 is 0 Å². The van der Waals surface area contributed by atoms with Gasteiger partial charge in [0.05, 0.1) is 12.6 Å². The number of hydrogen-bond donors (Lipinski definition) is 2. The third-order valence-electron chi connectivity index (χ3n) is 3.57. The normalized spacial score (nSPS) is 17.9. The lowest BCUT2D eigenvalue weighted by atomic mass is 10.2. The second-order valence-electron chi connectivity index (χ2n) is 5.43. The molecule has 120 valence electrons. The van der Waals surface area contributed by atoms with E-state index in [4.69, 9.17) is 15.2 Å². The Balaban J connectivity index is 1.59. The summed E-state index contributed by atoms with van der Waals surface area (Å²) in [6, 6.07) is 17.3. The zero-order valence-corrected chi connectivity index (χ0v) is 12.9. The van der Waals surface area contributed by atoms with Crippen LogP contribution in [0.5, 0.6) is 11.5 Å². The van der Waals surface area contributed by atoms with Crippen LogP contribution in [0.4, 0.5) is 5.69 Å². The highest BCUT2D eigenvalue weighted by Gasteiger charge is 2.14. The summed E-state index contributed by atoms with van der Waals surface area (Å²) in [6.07, 6.45) is 2.35. The van der Waals surface area contributed by atoms with Gasteiger partial charge in [0, 0.05) is 18.4 Å². The molecule has 0 bridgehead atoms. The summed E-state index contributed by atoms with van der Waals surface area (Å²) >= 11 is 0. The largest absolute Gasteiger partial charge is 0.457 e. The van der Waals surface area contributed by atoms with Gasteiger partial charge in [0.25, 0.3) is 0 Å². The molecular weight excluding hydrogens is 290 g/mol. The van der Waals surface area contributed by atoms with Crippen LogP contribution in [0, 0.1) is 0 Å². The molecule has 2 aromatic rings. The molecule has 1 heterocycles. The lowest BCUT2D eigenvalue weighted by Gasteiger charge is -2.10. The first-order chi connectivity index (χ1) is 11.3. The molecular formula is C18H21N3O2. The first kappa shape index (κ1) is 15.4. The van der Waals surface area contributed by atoms with E-state index in [1.165, 1.54) is 0 Å². The highest BCUT2D eigenvalue weighted by atomic mass is 16.5. The van der Waals surface area contributed by atoms with E-state index in [1.54, 1.807) is 0 Å². The van der Waals surface area contributed by atoms with Crippen molar-refractivity contribution in [3.05, 3.63) is 54.6 Å². The van der Waals surface area contributed by atoms with Crippen molar-refractivity contribution in [1.82, 2.24) is 0 Å². The Bertz CT molecular complexity index is 652. The van der Waals surface area contributed by atoms with Crippen LogP contribution in [0.3, 0.4) is 0 Å². The lowest BCUT2D eigenvalue weighted by Crippen LogP contribution is -2.24. The fraction of sp³-hybridized carbons (Fsp3) is 0.278. The summed E-state index contributed by atoms with van der Waals surface area (Å²) in [5.74, 6) is 1.93. The Morgan fingerprint density at radius 3 is 2.78 bits per heavy atom. The molecule has 0 aliphatic carbocycles. The minimum Gasteiger partial charge on any atom is -0.457 e. The molecule has 3 rings (SSSR count). The molecule has 1 saturated heterocycles. The monoisotopic (exact) mass is 311 g/mol. The Hall–Kier alpha value is -2.53. The second kappa shape index (κ2) is 7.65. The van der Waals surface area contributed by atoms with Crippen molar-refractivity contribution in [2.75, 3.05) is 18.5 Å². The molecule has 1 atom stereocenters. The number of hydrogen-bond acceptors (Lipinski definition) is 3. The van der Waals surface area contributed by atoms with Gasteiger partial charge in [-0.2, -0.15) is 0 Å². The van der Waals surface area contributed by atoms with Crippen LogP contribution in [0.25, 0.3) is 0 Å². The molecule has 0 spiro atoms. The molecule has 1 aliphatic rings. The van der Waals surface area contributed by atoms with E-state index in [2.05, 4.69) is 10.3 Å². The van der Waals surface area contributed by atoms with E-state index in [9.17, 15) is 0 Å². The highest BCUT2D eigenvalue weighted by molar-refractivity contribution is 5.92. The van der Waals surface area contributed by atoms with Crippen LogP contribution in [-0.4, -0.2) is 25.2 Å².